The van der Waals surface area contributed by atoms with Gasteiger partial charge in [-0.3, -0.25) is 0 Å². The summed E-state index contributed by atoms with van der Waals surface area (Å²) in [5.41, 5.74) is 0.0459. The Morgan fingerprint density at radius 2 is 2.31 bits per heavy atom. The third-order valence-electron chi connectivity index (χ3n) is 1.97. The predicted molar refractivity (Wildman–Crippen MR) is 57.4 cm³/mol. The first-order valence-corrected chi connectivity index (χ1v) is 5.14. The lowest BCUT2D eigenvalue weighted by Crippen LogP contribution is -2.07. The Hall–Kier alpha value is -1.15. The van der Waals surface area contributed by atoms with Gasteiger partial charge in [-0.15, -0.1) is 0 Å². The molecule has 0 aromatic heterocycles. The standard InChI is InChI=1S/C11H11ClFNO2/c12-8-3-1-4-9(13)11(8)10(7-14)16-6-2-5-15/h1,3-4,10,15H,2,5-6H2. The van der Waals surface area contributed by atoms with Crippen molar-refractivity contribution in [2.75, 3.05) is 13.2 Å². The fourth-order valence-electron chi connectivity index (χ4n) is 1.21. The highest BCUT2D eigenvalue weighted by Gasteiger charge is 2.18. The van der Waals surface area contributed by atoms with Gasteiger partial charge in [-0.2, -0.15) is 5.26 Å². The molecule has 0 amide bonds. The number of hydrogen-bond donors (Lipinski definition) is 1. The number of nitriles is 1. The summed E-state index contributed by atoms with van der Waals surface area (Å²) in [6.07, 6.45) is -0.648. The van der Waals surface area contributed by atoms with Gasteiger partial charge in [0.1, 0.15) is 5.82 Å². The summed E-state index contributed by atoms with van der Waals surface area (Å²) in [7, 11) is 0. The molecule has 3 nitrogen and oxygen atoms in total. The maximum absolute atomic E-state index is 13.4. The quantitative estimate of drug-likeness (QED) is 0.809. The summed E-state index contributed by atoms with van der Waals surface area (Å²) in [5.74, 6) is -0.567. The first-order chi connectivity index (χ1) is 7.70. The van der Waals surface area contributed by atoms with Gasteiger partial charge >= 0.3 is 0 Å². The number of halogens is 2. The van der Waals surface area contributed by atoms with Gasteiger partial charge in [0, 0.05) is 12.2 Å². The second-order valence-electron chi connectivity index (χ2n) is 3.09. The summed E-state index contributed by atoms with van der Waals surface area (Å²) < 4.78 is 18.6. The molecule has 1 aromatic rings. The van der Waals surface area contributed by atoms with Crippen molar-refractivity contribution >= 4 is 11.6 Å². The molecule has 1 unspecified atom stereocenters. The van der Waals surface area contributed by atoms with Crippen LogP contribution in [0.2, 0.25) is 5.02 Å². The summed E-state index contributed by atoms with van der Waals surface area (Å²) >= 11 is 5.80. The lowest BCUT2D eigenvalue weighted by Gasteiger charge is -2.12. The molecule has 5 heteroatoms. The Morgan fingerprint density at radius 1 is 1.56 bits per heavy atom. The van der Waals surface area contributed by atoms with Crippen LogP contribution in [0.5, 0.6) is 0 Å². The maximum Gasteiger partial charge on any atom is 0.173 e. The van der Waals surface area contributed by atoms with E-state index in [4.69, 9.17) is 26.7 Å². The molecule has 0 bridgehead atoms. The molecule has 1 N–H and O–H groups in total. The highest BCUT2D eigenvalue weighted by atomic mass is 35.5. The van der Waals surface area contributed by atoms with Gasteiger partial charge in [-0.25, -0.2) is 4.39 Å². The number of benzene rings is 1. The molecule has 0 spiro atoms. The van der Waals surface area contributed by atoms with Crippen molar-refractivity contribution < 1.29 is 14.2 Å². The second kappa shape index (κ2) is 6.44. The molecule has 0 aliphatic heterocycles. The van der Waals surface area contributed by atoms with Crippen LogP contribution in [0, 0.1) is 17.1 Å². The summed E-state index contributed by atoms with van der Waals surface area (Å²) in [6.45, 7) is 0.141. The molecule has 0 aliphatic rings. The first-order valence-electron chi connectivity index (χ1n) is 4.76. The minimum atomic E-state index is -1.04. The number of nitrogens with zero attached hydrogens (tertiary/aromatic N) is 1. The summed E-state index contributed by atoms with van der Waals surface area (Å²) in [6, 6.07) is 6.02. The van der Waals surface area contributed by atoms with E-state index < -0.39 is 11.9 Å². The fourth-order valence-corrected chi connectivity index (χ4v) is 1.47. The van der Waals surface area contributed by atoms with Gasteiger partial charge in [-0.05, 0) is 18.6 Å². The summed E-state index contributed by atoms with van der Waals surface area (Å²) in [4.78, 5) is 0. The molecular formula is C11H11ClFNO2. The lowest BCUT2D eigenvalue weighted by atomic mass is 10.1. The van der Waals surface area contributed by atoms with Crippen molar-refractivity contribution in [3.63, 3.8) is 0 Å². The Morgan fingerprint density at radius 3 is 2.88 bits per heavy atom. The molecule has 0 saturated carbocycles. The van der Waals surface area contributed by atoms with Crippen LogP contribution in [0.25, 0.3) is 0 Å². The number of ether oxygens (including phenoxy) is 1. The van der Waals surface area contributed by atoms with Crippen molar-refractivity contribution in [3.05, 3.63) is 34.6 Å². The third-order valence-corrected chi connectivity index (χ3v) is 2.30. The van der Waals surface area contributed by atoms with Crippen LogP contribution in [-0.4, -0.2) is 18.3 Å². The van der Waals surface area contributed by atoms with E-state index in [9.17, 15) is 4.39 Å². The molecule has 86 valence electrons. The van der Waals surface area contributed by atoms with Gasteiger partial charge < -0.3 is 9.84 Å². The predicted octanol–water partition coefficient (Wildman–Crippen LogP) is 2.44. The van der Waals surface area contributed by atoms with Crippen LogP contribution in [0.15, 0.2) is 18.2 Å². The normalized spacial score (nSPS) is 12.1. The van der Waals surface area contributed by atoms with E-state index in [-0.39, 0.29) is 23.8 Å². The van der Waals surface area contributed by atoms with Crippen LogP contribution in [-0.2, 0) is 4.74 Å². The Balaban J connectivity index is 2.83. The average Bonchev–Trinajstić information content (AvgIpc) is 2.26. The number of aliphatic hydroxyl groups excluding tert-OH is 1. The monoisotopic (exact) mass is 243 g/mol. The maximum atomic E-state index is 13.4. The van der Waals surface area contributed by atoms with Crippen LogP contribution < -0.4 is 0 Å². The number of aliphatic hydroxyl groups is 1. The van der Waals surface area contributed by atoms with E-state index in [1.54, 1.807) is 0 Å². The number of rotatable bonds is 5. The van der Waals surface area contributed by atoms with E-state index >= 15 is 0 Å². The largest absolute Gasteiger partial charge is 0.396 e. The Kier molecular flexibility index (Phi) is 5.20. The van der Waals surface area contributed by atoms with Gasteiger partial charge in [0.15, 0.2) is 6.10 Å². The minimum absolute atomic E-state index is 0.0385. The van der Waals surface area contributed by atoms with Gasteiger partial charge in [0.25, 0.3) is 0 Å². The van der Waals surface area contributed by atoms with Gasteiger partial charge in [0.2, 0.25) is 0 Å². The van der Waals surface area contributed by atoms with Crippen LogP contribution in [0.3, 0.4) is 0 Å². The Labute approximate surface area is 98.0 Å². The van der Waals surface area contributed by atoms with Crippen LogP contribution in [0.4, 0.5) is 4.39 Å². The minimum Gasteiger partial charge on any atom is -0.396 e. The smallest absolute Gasteiger partial charge is 0.173 e. The van der Waals surface area contributed by atoms with Crippen molar-refractivity contribution in [2.45, 2.75) is 12.5 Å². The molecule has 1 rings (SSSR count). The molecule has 0 fully saturated rings. The highest BCUT2D eigenvalue weighted by molar-refractivity contribution is 6.31. The average molecular weight is 244 g/mol. The highest BCUT2D eigenvalue weighted by Crippen LogP contribution is 2.27. The summed E-state index contributed by atoms with van der Waals surface area (Å²) in [5, 5.41) is 17.6. The first kappa shape index (κ1) is 12.9. The second-order valence-corrected chi connectivity index (χ2v) is 3.50. The molecule has 0 aliphatic carbocycles. The van der Waals surface area contributed by atoms with Crippen molar-refractivity contribution in [2.24, 2.45) is 0 Å². The van der Waals surface area contributed by atoms with Crippen molar-refractivity contribution in [1.29, 1.82) is 5.26 Å². The SMILES string of the molecule is N#CC(OCCCO)c1c(F)cccc1Cl. The van der Waals surface area contributed by atoms with Crippen LogP contribution in [0.1, 0.15) is 18.1 Å². The zero-order chi connectivity index (χ0) is 12.0. The molecule has 0 radical (unpaired) electrons. The van der Waals surface area contributed by atoms with Crippen molar-refractivity contribution in [3.8, 4) is 6.07 Å². The molecular weight excluding hydrogens is 233 g/mol. The van der Waals surface area contributed by atoms with E-state index in [0.29, 0.717) is 6.42 Å². The number of hydrogen-bond acceptors (Lipinski definition) is 3. The van der Waals surface area contributed by atoms with Crippen LogP contribution >= 0.6 is 11.6 Å². The van der Waals surface area contributed by atoms with Gasteiger partial charge in [-0.1, -0.05) is 17.7 Å². The molecule has 0 saturated heterocycles. The Bertz CT molecular complexity index is 372. The van der Waals surface area contributed by atoms with E-state index in [0.717, 1.165) is 0 Å². The lowest BCUT2D eigenvalue weighted by molar-refractivity contribution is 0.0753. The van der Waals surface area contributed by atoms with Gasteiger partial charge in [0.05, 0.1) is 17.7 Å². The molecule has 1 atom stereocenters. The fraction of sp³-hybridized carbons (Fsp3) is 0.364. The zero-order valence-electron chi connectivity index (χ0n) is 8.49. The van der Waals surface area contributed by atoms with Crippen molar-refractivity contribution in [1.82, 2.24) is 0 Å². The zero-order valence-corrected chi connectivity index (χ0v) is 9.25. The molecule has 16 heavy (non-hydrogen) atoms. The van der Waals surface area contributed by atoms with E-state index in [2.05, 4.69) is 0 Å². The molecule has 0 heterocycles. The molecule has 1 aromatic carbocycles. The van der Waals surface area contributed by atoms with E-state index in [1.807, 2.05) is 6.07 Å². The topological polar surface area (TPSA) is 53.2 Å². The van der Waals surface area contributed by atoms with E-state index in [1.165, 1.54) is 18.2 Å². The third kappa shape index (κ3) is 3.17.